The quantitative estimate of drug-likeness (QED) is 0.726. The summed E-state index contributed by atoms with van der Waals surface area (Å²) in [5.74, 6) is 1.91. The Morgan fingerprint density at radius 2 is 2.00 bits per heavy atom. The van der Waals surface area contributed by atoms with E-state index in [0.29, 0.717) is 12.2 Å². The molecule has 112 valence electrons. The molecule has 0 bridgehead atoms. The Labute approximate surface area is 128 Å². The monoisotopic (exact) mass is 282 g/mol. The fourth-order valence-corrected chi connectivity index (χ4v) is 3.55. The van der Waals surface area contributed by atoms with Crippen molar-refractivity contribution in [1.82, 2.24) is 0 Å². The molecule has 0 spiro atoms. The smallest absolute Gasteiger partial charge is 0.142 e. The van der Waals surface area contributed by atoms with Crippen LogP contribution in [-0.4, -0.2) is 5.78 Å². The highest BCUT2D eigenvalue weighted by atomic mass is 16.1. The zero-order valence-electron chi connectivity index (χ0n) is 13.5. The largest absolute Gasteiger partial charge is 0.299 e. The molecule has 1 nitrogen and oxygen atoms in total. The summed E-state index contributed by atoms with van der Waals surface area (Å²) >= 11 is 0. The Bertz CT molecular complexity index is 579. The number of allylic oxidation sites excluding steroid dienone is 2. The van der Waals surface area contributed by atoms with Crippen molar-refractivity contribution in [2.45, 2.75) is 58.8 Å². The molecule has 3 rings (SSSR count). The summed E-state index contributed by atoms with van der Waals surface area (Å²) in [7, 11) is 0. The van der Waals surface area contributed by atoms with Crippen LogP contribution in [0.5, 0.6) is 0 Å². The first-order valence-electron chi connectivity index (χ1n) is 8.34. The molecule has 1 aromatic carbocycles. The standard InChI is InChI=1S/C20H26O/c1-4-20(2,3)19(21)13-15-10-9-14-11-12-17(14)18-8-6-5-7-16(15)18/h5-8,10,14,17H,4,9,11-13H2,1-3H3. The number of Topliss-reactive ketones (excluding diaryl/α,β-unsaturated/α-hetero) is 1. The average molecular weight is 282 g/mol. The summed E-state index contributed by atoms with van der Waals surface area (Å²) in [5, 5.41) is 0. The van der Waals surface area contributed by atoms with Crippen LogP contribution in [0.15, 0.2) is 30.3 Å². The average Bonchev–Trinajstić information content (AvgIpc) is 2.54. The van der Waals surface area contributed by atoms with Gasteiger partial charge in [-0.2, -0.15) is 0 Å². The number of hydrogen-bond donors (Lipinski definition) is 0. The van der Waals surface area contributed by atoms with Gasteiger partial charge < -0.3 is 0 Å². The molecule has 2 unspecified atom stereocenters. The number of rotatable bonds is 4. The van der Waals surface area contributed by atoms with Gasteiger partial charge in [0.05, 0.1) is 0 Å². The summed E-state index contributed by atoms with van der Waals surface area (Å²) in [6.07, 6.45) is 7.67. The third kappa shape index (κ3) is 2.59. The topological polar surface area (TPSA) is 17.1 Å². The lowest BCUT2D eigenvalue weighted by atomic mass is 9.68. The van der Waals surface area contributed by atoms with Gasteiger partial charge in [-0.15, -0.1) is 0 Å². The van der Waals surface area contributed by atoms with Crippen molar-refractivity contribution in [1.29, 1.82) is 0 Å². The molecule has 21 heavy (non-hydrogen) atoms. The van der Waals surface area contributed by atoms with Crippen molar-refractivity contribution in [2.75, 3.05) is 0 Å². The first kappa shape index (κ1) is 14.6. The van der Waals surface area contributed by atoms with Crippen molar-refractivity contribution < 1.29 is 4.79 Å². The Hall–Kier alpha value is -1.37. The van der Waals surface area contributed by atoms with Crippen LogP contribution >= 0.6 is 0 Å². The molecule has 0 amide bonds. The minimum atomic E-state index is -0.207. The Balaban J connectivity index is 1.91. The minimum Gasteiger partial charge on any atom is -0.299 e. The normalized spacial score (nSPS) is 24.2. The molecule has 0 aromatic heterocycles. The summed E-state index contributed by atoms with van der Waals surface area (Å²) in [6.45, 7) is 6.25. The van der Waals surface area contributed by atoms with Crippen LogP contribution in [0.3, 0.4) is 0 Å². The Morgan fingerprint density at radius 3 is 2.67 bits per heavy atom. The molecule has 2 aliphatic carbocycles. The van der Waals surface area contributed by atoms with Gasteiger partial charge in [0.2, 0.25) is 0 Å². The molecule has 0 aliphatic heterocycles. The number of fused-ring (bicyclic) bond motifs is 3. The molecule has 1 saturated carbocycles. The van der Waals surface area contributed by atoms with E-state index in [1.165, 1.54) is 29.5 Å². The molecule has 2 atom stereocenters. The van der Waals surface area contributed by atoms with Crippen LogP contribution in [0.4, 0.5) is 0 Å². The van der Waals surface area contributed by atoms with Crippen molar-refractivity contribution >= 4 is 11.4 Å². The van der Waals surface area contributed by atoms with Gasteiger partial charge >= 0.3 is 0 Å². The zero-order chi connectivity index (χ0) is 15.0. The zero-order valence-corrected chi connectivity index (χ0v) is 13.5. The molecular formula is C20H26O. The minimum absolute atomic E-state index is 0.207. The summed E-state index contributed by atoms with van der Waals surface area (Å²) < 4.78 is 0. The molecule has 0 heterocycles. The van der Waals surface area contributed by atoms with E-state index in [9.17, 15) is 4.79 Å². The van der Waals surface area contributed by atoms with Crippen molar-refractivity contribution in [3.8, 4) is 0 Å². The fraction of sp³-hybridized carbons (Fsp3) is 0.550. The maximum atomic E-state index is 12.6. The number of carbonyl (C=O) groups is 1. The second-order valence-electron chi connectivity index (χ2n) is 7.33. The predicted octanol–water partition coefficient (Wildman–Crippen LogP) is 5.36. The first-order chi connectivity index (χ1) is 10.0. The number of carbonyl (C=O) groups excluding carboxylic acids is 1. The van der Waals surface area contributed by atoms with E-state index >= 15 is 0 Å². The van der Waals surface area contributed by atoms with E-state index < -0.39 is 0 Å². The summed E-state index contributed by atoms with van der Waals surface area (Å²) in [4.78, 5) is 12.6. The van der Waals surface area contributed by atoms with Crippen LogP contribution in [0.2, 0.25) is 0 Å². The van der Waals surface area contributed by atoms with Crippen molar-refractivity contribution in [3.05, 3.63) is 41.5 Å². The van der Waals surface area contributed by atoms with Gasteiger partial charge in [-0.05, 0) is 54.2 Å². The van der Waals surface area contributed by atoms with Crippen LogP contribution in [0, 0.1) is 11.3 Å². The van der Waals surface area contributed by atoms with Crippen LogP contribution in [-0.2, 0) is 4.79 Å². The molecule has 0 radical (unpaired) electrons. The van der Waals surface area contributed by atoms with E-state index in [1.807, 2.05) is 0 Å². The summed E-state index contributed by atoms with van der Waals surface area (Å²) in [5.41, 5.74) is 3.89. The van der Waals surface area contributed by atoms with Gasteiger partial charge in [-0.1, -0.05) is 51.1 Å². The van der Waals surface area contributed by atoms with Gasteiger partial charge in [-0.25, -0.2) is 0 Å². The molecule has 1 heteroatoms. The lowest BCUT2D eigenvalue weighted by Gasteiger charge is -2.36. The van der Waals surface area contributed by atoms with Gasteiger partial charge in [0.25, 0.3) is 0 Å². The highest BCUT2D eigenvalue weighted by Crippen LogP contribution is 2.49. The van der Waals surface area contributed by atoms with E-state index in [-0.39, 0.29) is 5.41 Å². The van der Waals surface area contributed by atoms with E-state index in [1.54, 1.807) is 0 Å². The third-order valence-electron chi connectivity index (χ3n) is 5.78. The molecule has 0 saturated heterocycles. The van der Waals surface area contributed by atoms with E-state index in [2.05, 4.69) is 51.1 Å². The Kier molecular flexibility index (Phi) is 3.77. The summed E-state index contributed by atoms with van der Waals surface area (Å²) in [6, 6.07) is 8.75. The van der Waals surface area contributed by atoms with Crippen LogP contribution in [0.25, 0.3) is 5.57 Å². The molecule has 0 N–H and O–H groups in total. The van der Waals surface area contributed by atoms with Crippen molar-refractivity contribution in [3.63, 3.8) is 0 Å². The van der Waals surface area contributed by atoms with Crippen molar-refractivity contribution in [2.24, 2.45) is 11.3 Å². The van der Waals surface area contributed by atoms with Gasteiger partial charge in [-0.3, -0.25) is 4.79 Å². The molecular weight excluding hydrogens is 256 g/mol. The van der Waals surface area contributed by atoms with Crippen LogP contribution in [0.1, 0.15) is 69.9 Å². The number of ketones is 1. The number of benzene rings is 1. The fourth-order valence-electron chi connectivity index (χ4n) is 3.55. The van der Waals surface area contributed by atoms with E-state index in [0.717, 1.165) is 24.7 Å². The lowest BCUT2D eigenvalue weighted by molar-refractivity contribution is -0.126. The SMILES string of the molecule is CCC(C)(C)C(=O)CC1=CCC2CCC2c2ccccc21. The third-order valence-corrected chi connectivity index (χ3v) is 5.78. The predicted molar refractivity (Wildman–Crippen MR) is 88.2 cm³/mol. The van der Waals surface area contributed by atoms with Gasteiger partial charge in [0.15, 0.2) is 0 Å². The van der Waals surface area contributed by atoms with Gasteiger partial charge in [0.1, 0.15) is 5.78 Å². The Morgan fingerprint density at radius 1 is 1.24 bits per heavy atom. The molecule has 2 aliphatic rings. The highest BCUT2D eigenvalue weighted by molar-refractivity contribution is 5.94. The maximum absolute atomic E-state index is 12.6. The number of hydrogen-bond acceptors (Lipinski definition) is 1. The molecule has 1 fully saturated rings. The lowest BCUT2D eigenvalue weighted by Crippen LogP contribution is -2.23. The maximum Gasteiger partial charge on any atom is 0.142 e. The highest BCUT2D eigenvalue weighted by Gasteiger charge is 2.35. The second-order valence-corrected chi connectivity index (χ2v) is 7.33. The first-order valence-corrected chi connectivity index (χ1v) is 8.34. The second kappa shape index (κ2) is 5.44. The van der Waals surface area contributed by atoms with Gasteiger partial charge in [0, 0.05) is 11.8 Å². The molecule has 1 aromatic rings. The van der Waals surface area contributed by atoms with Crippen LogP contribution < -0.4 is 0 Å². The van der Waals surface area contributed by atoms with E-state index in [4.69, 9.17) is 0 Å².